The smallest absolute Gasteiger partial charge is 0.266 e. The highest BCUT2D eigenvalue weighted by molar-refractivity contribution is 6.09. The van der Waals surface area contributed by atoms with Gasteiger partial charge in [-0.05, 0) is 56.7 Å². The van der Waals surface area contributed by atoms with Gasteiger partial charge in [0.1, 0.15) is 17.4 Å². The van der Waals surface area contributed by atoms with Crippen LogP contribution in [0.1, 0.15) is 25.0 Å². The van der Waals surface area contributed by atoms with Gasteiger partial charge >= 0.3 is 0 Å². The molecule has 0 unspecified atom stereocenters. The maximum Gasteiger partial charge on any atom is 0.266 e. The van der Waals surface area contributed by atoms with Crippen LogP contribution in [0.25, 0.3) is 6.08 Å². The number of hydrogen-bond acceptors (Lipinski definition) is 4. The summed E-state index contributed by atoms with van der Waals surface area (Å²) in [5.41, 5.74) is 2.37. The van der Waals surface area contributed by atoms with E-state index < -0.39 is 5.91 Å². The average molecular weight is 377 g/mol. The lowest BCUT2D eigenvalue weighted by Gasteiger charge is -2.09. The van der Waals surface area contributed by atoms with Gasteiger partial charge in [0.25, 0.3) is 11.8 Å². The summed E-state index contributed by atoms with van der Waals surface area (Å²) in [5.74, 6) is -0.144. The van der Waals surface area contributed by atoms with E-state index in [4.69, 9.17) is 4.74 Å². The summed E-state index contributed by atoms with van der Waals surface area (Å²) < 4.78 is 5.41. The molecule has 0 bridgehead atoms. The number of nitrogens with one attached hydrogen (secondary N) is 2. The van der Waals surface area contributed by atoms with Crippen molar-refractivity contribution in [3.8, 4) is 11.8 Å². The van der Waals surface area contributed by atoms with Crippen molar-refractivity contribution in [3.05, 3.63) is 65.2 Å². The van der Waals surface area contributed by atoms with Crippen LogP contribution < -0.4 is 15.4 Å². The second-order valence-corrected chi connectivity index (χ2v) is 6.57. The molecule has 2 amide bonds. The number of nitriles is 1. The molecular weight excluding hydrogens is 354 g/mol. The maximum absolute atomic E-state index is 12.3. The van der Waals surface area contributed by atoms with Crippen molar-refractivity contribution in [1.29, 1.82) is 5.26 Å². The maximum atomic E-state index is 12.3. The van der Waals surface area contributed by atoms with E-state index in [0.29, 0.717) is 17.0 Å². The van der Waals surface area contributed by atoms with Gasteiger partial charge in [0.15, 0.2) is 6.61 Å². The Hall–Kier alpha value is -3.59. The van der Waals surface area contributed by atoms with Gasteiger partial charge in [0, 0.05) is 11.7 Å². The molecular formula is C22H23N3O3. The molecule has 0 fully saturated rings. The topological polar surface area (TPSA) is 91.2 Å². The van der Waals surface area contributed by atoms with E-state index in [0.717, 1.165) is 5.56 Å². The molecule has 0 saturated carbocycles. The first-order valence-electron chi connectivity index (χ1n) is 8.89. The summed E-state index contributed by atoms with van der Waals surface area (Å²) >= 11 is 0. The van der Waals surface area contributed by atoms with E-state index in [1.54, 1.807) is 36.4 Å². The molecule has 28 heavy (non-hydrogen) atoms. The van der Waals surface area contributed by atoms with Crippen LogP contribution in [0.4, 0.5) is 5.69 Å². The molecule has 0 spiro atoms. The monoisotopic (exact) mass is 377 g/mol. The average Bonchev–Trinajstić information content (AvgIpc) is 2.66. The van der Waals surface area contributed by atoms with Gasteiger partial charge in [0.05, 0.1) is 0 Å². The summed E-state index contributed by atoms with van der Waals surface area (Å²) in [7, 11) is 0. The third-order valence-electron chi connectivity index (χ3n) is 3.69. The van der Waals surface area contributed by atoms with Crippen LogP contribution in [0.5, 0.6) is 5.75 Å². The Kier molecular flexibility index (Phi) is 7.35. The van der Waals surface area contributed by atoms with Gasteiger partial charge < -0.3 is 15.4 Å². The van der Waals surface area contributed by atoms with E-state index in [1.165, 1.54) is 6.08 Å². The van der Waals surface area contributed by atoms with E-state index in [2.05, 4.69) is 10.6 Å². The van der Waals surface area contributed by atoms with Crippen molar-refractivity contribution in [2.45, 2.75) is 26.8 Å². The summed E-state index contributed by atoms with van der Waals surface area (Å²) in [5, 5.41) is 14.7. The lowest BCUT2D eigenvalue weighted by molar-refractivity contribution is -0.123. The second kappa shape index (κ2) is 9.93. The number of carbonyl (C=O) groups is 2. The number of aryl methyl sites for hydroxylation is 1. The molecule has 0 atom stereocenters. The lowest BCUT2D eigenvalue weighted by Crippen LogP contribution is -2.34. The third kappa shape index (κ3) is 6.61. The zero-order valence-electron chi connectivity index (χ0n) is 16.2. The fraction of sp³-hybridized carbons (Fsp3) is 0.227. The largest absolute Gasteiger partial charge is 0.484 e. The number of hydrogen-bond donors (Lipinski definition) is 2. The quantitative estimate of drug-likeness (QED) is 0.571. The number of ether oxygens (including phenoxy) is 1. The highest BCUT2D eigenvalue weighted by Gasteiger charge is 2.10. The summed E-state index contributed by atoms with van der Waals surface area (Å²) in [6.07, 6.45) is 1.50. The Labute approximate surface area is 164 Å². The van der Waals surface area contributed by atoms with Crippen LogP contribution in [0.3, 0.4) is 0 Å². The summed E-state index contributed by atoms with van der Waals surface area (Å²) in [6, 6.07) is 16.1. The molecule has 2 rings (SSSR count). The molecule has 0 aliphatic heterocycles. The van der Waals surface area contributed by atoms with Gasteiger partial charge in [-0.15, -0.1) is 0 Å². The first-order valence-corrected chi connectivity index (χ1v) is 8.89. The van der Waals surface area contributed by atoms with Crippen molar-refractivity contribution in [3.63, 3.8) is 0 Å². The minimum absolute atomic E-state index is 0.00875. The molecule has 0 heterocycles. The molecule has 2 aromatic carbocycles. The van der Waals surface area contributed by atoms with Crippen molar-refractivity contribution < 1.29 is 14.3 Å². The zero-order chi connectivity index (χ0) is 20.5. The zero-order valence-corrected chi connectivity index (χ0v) is 16.2. The van der Waals surface area contributed by atoms with Crippen LogP contribution in [0.2, 0.25) is 0 Å². The first-order chi connectivity index (χ1) is 13.4. The van der Waals surface area contributed by atoms with Crippen molar-refractivity contribution in [2.24, 2.45) is 0 Å². The van der Waals surface area contributed by atoms with Crippen LogP contribution in [0.15, 0.2) is 54.1 Å². The van der Waals surface area contributed by atoms with E-state index in [-0.39, 0.29) is 24.1 Å². The molecule has 0 aliphatic rings. The Morgan fingerprint density at radius 3 is 2.32 bits per heavy atom. The lowest BCUT2D eigenvalue weighted by atomic mass is 10.1. The van der Waals surface area contributed by atoms with Crippen LogP contribution in [-0.2, 0) is 9.59 Å². The van der Waals surface area contributed by atoms with Gasteiger partial charge in [-0.25, -0.2) is 0 Å². The van der Waals surface area contributed by atoms with Crippen molar-refractivity contribution in [1.82, 2.24) is 5.32 Å². The molecule has 0 radical (unpaired) electrons. The highest BCUT2D eigenvalue weighted by atomic mass is 16.5. The Morgan fingerprint density at radius 1 is 1.11 bits per heavy atom. The molecule has 144 valence electrons. The number of rotatable bonds is 7. The second-order valence-electron chi connectivity index (χ2n) is 6.57. The van der Waals surface area contributed by atoms with Crippen LogP contribution in [-0.4, -0.2) is 24.5 Å². The van der Waals surface area contributed by atoms with Crippen molar-refractivity contribution in [2.75, 3.05) is 11.9 Å². The molecule has 2 N–H and O–H groups in total. The first kappa shape index (κ1) is 20.7. The molecule has 6 heteroatoms. The molecule has 0 aromatic heterocycles. The molecule has 0 saturated heterocycles. The fourth-order valence-corrected chi connectivity index (χ4v) is 2.32. The van der Waals surface area contributed by atoms with Crippen LogP contribution in [0, 0.1) is 18.3 Å². The normalized spacial score (nSPS) is 10.9. The minimum atomic E-state index is -0.475. The van der Waals surface area contributed by atoms with Crippen molar-refractivity contribution >= 4 is 23.6 Å². The number of carbonyl (C=O) groups excluding carboxylic acids is 2. The van der Waals surface area contributed by atoms with E-state index >= 15 is 0 Å². The predicted octanol–water partition coefficient (Wildman–Crippen LogP) is 3.44. The SMILES string of the molecule is Cc1ccc(NC(=O)/C(C#N)=C/c2ccc(OCC(=O)NC(C)C)cc2)cc1. The van der Waals surface area contributed by atoms with E-state index in [1.807, 2.05) is 39.0 Å². The number of nitrogens with zero attached hydrogens (tertiary/aromatic N) is 1. The Morgan fingerprint density at radius 2 is 1.75 bits per heavy atom. The van der Waals surface area contributed by atoms with E-state index in [9.17, 15) is 14.9 Å². The van der Waals surface area contributed by atoms with Gasteiger partial charge in [0.2, 0.25) is 0 Å². The molecule has 6 nitrogen and oxygen atoms in total. The summed E-state index contributed by atoms with van der Waals surface area (Å²) in [4.78, 5) is 23.9. The Bertz CT molecular complexity index is 892. The van der Waals surface area contributed by atoms with Gasteiger partial charge in [-0.1, -0.05) is 29.8 Å². The third-order valence-corrected chi connectivity index (χ3v) is 3.69. The van der Waals surface area contributed by atoms with Gasteiger partial charge in [-0.2, -0.15) is 5.26 Å². The highest BCUT2D eigenvalue weighted by Crippen LogP contribution is 2.16. The number of benzene rings is 2. The Balaban J connectivity index is 1.99. The number of anilines is 1. The minimum Gasteiger partial charge on any atom is -0.484 e. The van der Waals surface area contributed by atoms with Crippen LogP contribution >= 0.6 is 0 Å². The summed E-state index contributed by atoms with van der Waals surface area (Å²) in [6.45, 7) is 5.63. The van der Waals surface area contributed by atoms with Gasteiger partial charge in [-0.3, -0.25) is 9.59 Å². The number of amides is 2. The molecule has 2 aromatic rings. The molecule has 0 aliphatic carbocycles. The fourth-order valence-electron chi connectivity index (χ4n) is 2.32. The standard InChI is InChI=1S/C22H23N3O3/c1-15(2)24-21(26)14-28-20-10-6-17(7-11-20)12-18(13-23)22(27)25-19-8-4-16(3)5-9-19/h4-12,15H,14H2,1-3H3,(H,24,26)(H,25,27)/b18-12+. The predicted molar refractivity (Wildman–Crippen MR) is 109 cm³/mol.